The predicted octanol–water partition coefficient (Wildman–Crippen LogP) is 2.36. The topological polar surface area (TPSA) is 47.0 Å². The number of aryl methyl sites for hydroxylation is 1. The van der Waals surface area contributed by atoms with Gasteiger partial charge in [-0.1, -0.05) is 6.92 Å². The Bertz CT molecular complexity index is 429. The summed E-state index contributed by atoms with van der Waals surface area (Å²) in [6.07, 6.45) is 7.75. The van der Waals surface area contributed by atoms with Gasteiger partial charge in [0.1, 0.15) is 5.82 Å². The van der Waals surface area contributed by atoms with Crippen molar-refractivity contribution in [2.45, 2.75) is 51.0 Å². The average molecular weight is 261 g/mol. The van der Waals surface area contributed by atoms with Crippen molar-refractivity contribution in [2.24, 2.45) is 0 Å². The van der Waals surface area contributed by atoms with E-state index in [9.17, 15) is 0 Å². The molecule has 1 aromatic heterocycles. The summed E-state index contributed by atoms with van der Waals surface area (Å²) in [5.74, 6) is 1.54. The van der Waals surface area contributed by atoms with Gasteiger partial charge in [0.2, 0.25) is 0 Å². The minimum atomic E-state index is 0.456. The molecule has 3 rings (SSSR count). The normalized spacial score (nSPS) is 24.2. The standard InChI is InChI=1S/C15H23N3O/c1-2-16-13-4-3-5-14-12(13)10-17-15(18-14)11-6-8-19-9-7-11/h10-11,13,16H,2-9H2,1H3. The number of aromatic nitrogens is 2. The maximum Gasteiger partial charge on any atom is 0.131 e. The first-order chi connectivity index (χ1) is 9.38. The SMILES string of the molecule is CCNC1CCCc2nc(C3CCOCC3)ncc21. The number of hydrogen-bond donors (Lipinski definition) is 1. The maximum atomic E-state index is 5.42. The van der Waals surface area contributed by atoms with Gasteiger partial charge in [-0.15, -0.1) is 0 Å². The summed E-state index contributed by atoms with van der Waals surface area (Å²) in [6, 6.07) is 0.456. The second-order valence-electron chi connectivity index (χ2n) is 5.52. The van der Waals surface area contributed by atoms with E-state index in [4.69, 9.17) is 9.72 Å². The predicted molar refractivity (Wildman–Crippen MR) is 74.2 cm³/mol. The number of hydrogen-bond acceptors (Lipinski definition) is 4. The van der Waals surface area contributed by atoms with Gasteiger partial charge < -0.3 is 10.1 Å². The molecule has 0 radical (unpaired) electrons. The molecule has 1 atom stereocenters. The number of nitrogens with one attached hydrogen (secondary N) is 1. The van der Waals surface area contributed by atoms with Crippen LogP contribution in [0.5, 0.6) is 0 Å². The third-order valence-electron chi connectivity index (χ3n) is 4.24. The lowest BCUT2D eigenvalue weighted by molar-refractivity contribution is 0.0835. The van der Waals surface area contributed by atoms with Gasteiger partial charge in [-0.3, -0.25) is 0 Å². The molecular formula is C15H23N3O. The molecule has 1 aliphatic carbocycles. The van der Waals surface area contributed by atoms with Gasteiger partial charge in [-0.2, -0.15) is 0 Å². The summed E-state index contributed by atoms with van der Waals surface area (Å²) in [7, 11) is 0. The van der Waals surface area contributed by atoms with Crippen LogP contribution in [0.1, 0.15) is 61.6 Å². The summed E-state index contributed by atoms with van der Waals surface area (Å²) in [4.78, 5) is 9.50. The third kappa shape index (κ3) is 2.79. The van der Waals surface area contributed by atoms with E-state index in [-0.39, 0.29) is 0 Å². The zero-order chi connectivity index (χ0) is 13.1. The molecule has 0 aromatic carbocycles. The fourth-order valence-electron chi connectivity index (χ4n) is 3.17. The second kappa shape index (κ2) is 5.97. The molecule has 2 aliphatic rings. The Morgan fingerprint density at radius 2 is 2.16 bits per heavy atom. The molecule has 4 nitrogen and oxygen atoms in total. The summed E-state index contributed by atoms with van der Waals surface area (Å²) >= 11 is 0. The van der Waals surface area contributed by atoms with Crippen molar-refractivity contribution in [3.63, 3.8) is 0 Å². The summed E-state index contributed by atoms with van der Waals surface area (Å²) in [6.45, 7) is 4.87. The molecule has 2 heterocycles. The van der Waals surface area contributed by atoms with Crippen LogP contribution in [0.25, 0.3) is 0 Å². The summed E-state index contributed by atoms with van der Waals surface area (Å²) in [5, 5.41) is 3.54. The first-order valence-corrected chi connectivity index (χ1v) is 7.55. The van der Waals surface area contributed by atoms with Gasteiger partial charge in [-0.25, -0.2) is 9.97 Å². The highest BCUT2D eigenvalue weighted by Crippen LogP contribution is 2.30. The average Bonchev–Trinajstić information content (AvgIpc) is 2.48. The fraction of sp³-hybridized carbons (Fsp3) is 0.733. The fourth-order valence-corrected chi connectivity index (χ4v) is 3.17. The van der Waals surface area contributed by atoms with Gasteiger partial charge in [0.05, 0.1) is 0 Å². The van der Waals surface area contributed by atoms with Crippen LogP contribution in [0.15, 0.2) is 6.20 Å². The highest BCUT2D eigenvalue weighted by Gasteiger charge is 2.24. The van der Waals surface area contributed by atoms with Crippen molar-refractivity contribution in [2.75, 3.05) is 19.8 Å². The van der Waals surface area contributed by atoms with Crippen LogP contribution in [-0.2, 0) is 11.2 Å². The zero-order valence-corrected chi connectivity index (χ0v) is 11.7. The van der Waals surface area contributed by atoms with Crippen LogP contribution in [0.2, 0.25) is 0 Å². The highest BCUT2D eigenvalue weighted by atomic mass is 16.5. The molecule has 1 N–H and O–H groups in total. The lowest BCUT2D eigenvalue weighted by atomic mass is 9.91. The van der Waals surface area contributed by atoms with E-state index in [1.807, 2.05) is 0 Å². The number of nitrogens with zero attached hydrogens (tertiary/aromatic N) is 2. The molecule has 4 heteroatoms. The molecule has 1 saturated heterocycles. The van der Waals surface area contributed by atoms with Crippen molar-refractivity contribution in [1.29, 1.82) is 0 Å². The van der Waals surface area contributed by atoms with Gasteiger partial charge in [0, 0.05) is 42.6 Å². The largest absolute Gasteiger partial charge is 0.381 e. The molecule has 0 saturated carbocycles. The van der Waals surface area contributed by atoms with E-state index >= 15 is 0 Å². The number of fused-ring (bicyclic) bond motifs is 1. The molecule has 1 fully saturated rings. The van der Waals surface area contributed by atoms with Crippen LogP contribution in [0, 0.1) is 0 Å². The Kier molecular flexibility index (Phi) is 4.09. The molecule has 1 aromatic rings. The first-order valence-electron chi connectivity index (χ1n) is 7.55. The van der Waals surface area contributed by atoms with E-state index in [0.717, 1.165) is 44.8 Å². The van der Waals surface area contributed by atoms with Crippen LogP contribution in [0.4, 0.5) is 0 Å². The van der Waals surface area contributed by atoms with E-state index < -0.39 is 0 Å². The number of ether oxygens (including phenoxy) is 1. The molecular weight excluding hydrogens is 238 g/mol. The van der Waals surface area contributed by atoms with Gasteiger partial charge in [-0.05, 0) is 38.6 Å². The lowest BCUT2D eigenvalue weighted by Crippen LogP contribution is -2.26. The van der Waals surface area contributed by atoms with Gasteiger partial charge in [0.15, 0.2) is 0 Å². The third-order valence-corrected chi connectivity index (χ3v) is 4.24. The van der Waals surface area contributed by atoms with Crippen LogP contribution >= 0.6 is 0 Å². The molecule has 104 valence electrons. The van der Waals surface area contributed by atoms with Crippen LogP contribution in [-0.4, -0.2) is 29.7 Å². The summed E-state index contributed by atoms with van der Waals surface area (Å²) in [5.41, 5.74) is 2.60. The Morgan fingerprint density at radius 3 is 2.95 bits per heavy atom. The Morgan fingerprint density at radius 1 is 1.32 bits per heavy atom. The van der Waals surface area contributed by atoms with E-state index in [2.05, 4.69) is 23.4 Å². The molecule has 0 bridgehead atoms. The van der Waals surface area contributed by atoms with Crippen molar-refractivity contribution in [3.8, 4) is 0 Å². The van der Waals surface area contributed by atoms with Crippen molar-refractivity contribution < 1.29 is 4.74 Å². The van der Waals surface area contributed by atoms with Crippen LogP contribution < -0.4 is 5.32 Å². The minimum Gasteiger partial charge on any atom is -0.381 e. The Balaban J connectivity index is 1.82. The molecule has 0 spiro atoms. The van der Waals surface area contributed by atoms with Crippen molar-refractivity contribution in [3.05, 3.63) is 23.3 Å². The van der Waals surface area contributed by atoms with Gasteiger partial charge >= 0.3 is 0 Å². The van der Waals surface area contributed by atoms with Crippen molar-refractivity contribution >= 4 is 0 Å². The Labute approximate surface area is 115 Å². The quantitative estimate of drug-likeness (QED) is 0.907. The van der Waals surface area contributed by atoms with E-state index in [0.29, 0.717) is 12.0 Å². The summed E-state index contributed by atoms with van der Waals surface area (Å²) < 4.78 is 5.42. The maximum absolute atomic E-state index is 5.42. The second-order valence-corrected chi connectivity index (χ2v) is 5.52. The zero-order valence-electron chi connectivity index (χ0n) is 11.7. The molecule has 1 aliphatic heterocycles. The lowest BCUT2D eigenvalue weighted by Gasteiger charge is -2.27. The monoisotopic (exact) mass is 261 g/mol. The smallest absolute Gasteiger partial charge is 0.131 e. The first kappa shape index (κ1) is 13.0. The number of rotatable bonds is 3. The van der Waals surface area contributed by atoms with Crippen molar-refractivity contribution in [1.82, 2.24) is 15.3 Å². The Hall–Kier alpha value is -1.00. The van der Waals surface area contributed by atoms with E-state index in [1.165, 1.54) is 24.1 Å². The van der Waals surface area contributed by atoms with E-state index in [1.54, 1.807) is 0 Å². The van der Waals surface area contributed by atoms with Crippen LogP contribution in [0.3, 0.4) is 0 Å². The molecule has 0 amide bonds. The molecule has 1 unspecified atom stereocenters. The highest BCUT2D eigenvalue weighted by molar-refractivity contribution is 5.25. The van der Waals surface area contributed by atoms with Gasteiger partial charge in [0.25, 0.3) is 0 Å². The minimum absolute atomic E-state index is 0.456. The molecule has 19 heavy (non-hydrogen) atoms.